The third-order valence-corrected chi connectivity index (χ3v) is 3.25. The van der Waals surface area contributed by atoms with Crippen molar-refractivity contribution >= 4 is 17.4 Å². The number of nitrogens with one attached hydrogen (secondary N) is 1. The van der Waals surface area contributed by atoms with E-state index in [0.29, 0.717) is 0 Å². The molecule has 2 rings (SSSR count). The zero-order valence-corrected chi connectivity index (χ0v) is 12.3. The van der Waals surface area contributed by atoms with Gasteiger partial charge in [-0.1, -0.05) is 35.9 Å². The Bertz CT molecular complexity index is 688. The van der Waals surface area contributed by atoms with Crippen LogP contribution >= 0.6 is 0 Å². The number of benzene rings is 2. The number of hydrogen-bond donors (Lipinski definition) is 1. The van der Waals surface area contributed by atoms with Gasteiger partial charge in [0.05, 0.1) is 17.4 Å². The number of hydrazone groups is 1. The fourth-order valence-electron chi connectivity index (χ4n) is 2.11. The third kappa shape index (κ3) is 3.69. The molecule has 0 aliphatic heterocycles. The van der Waals surface area contributed by atoms with E-state index >= 15 is 0 Å². The van der Waals surface area contributed by atoms with Gasteiger partial charge in [0.2, 0.25) is 0 Å². The second-order valence-electron chi connectivity index (χ2n) is 4.99. The van der Waals surface area contributed by atoms with Crippen LogP contribution in [0.5, 0.6) is 0 Å². The molecule has 0 unspecified atom stereocenters. The Morgan fingerprint density at radius 1 is 1.10 bits per heavy atom. The molecule has 4 nitrogen and oxygen atoms in total. The summed E-state index contributed by atoms with van der Waals surface area (Å²) in [6.07, 6.45) is 0. The molecule has 0 saturated heterocycles. The molecule has 0 radical (unpaired) electrons. The van der Waals surface area contributed by atoms with Gasteiger partial charge in [0.25, 0.3) is 0 Å². The maximum atomic E-state index is 10.7. The highest BCUT2D eigenvalue weighted by Gasteiger charge is 2.02. The standard InChI is InChI=1S/C17H18N2O2/c1-11-4-9-16(12(2)10-11)13(3)18-19-15-7-5-14(6-8-15)17(20)21/h4-10,19H,1-3H3,(H,20,21)/p-1/b18-13-. The molecule has 0 spiro atoms. The molecule has 2 aromatic carbocycles. The highest BCUT2D eigenvalue weighted by molar-refractivity contribution is 6.00. The van der Waals surface area contributed by atoms with E-state index in [1.807, 2.05) is 13.0 Å². The lowest BCUT2D eigenvalue weighted by Gasteiger charge is -2.08. The van der Waals surface area contributed by atoms with Gasteiger partial charge in [0.1, 0.15) is 0 Å². The minimum absolute atomic E-state index is 0.149. The van der Waals surface area contributed by atoms with Gasteiger partial charge in [0, 0.05) is 5.56 Å². The molecular formula is C17H17N2O2-. The predicted octanol–water partition coefficient (Wildman–Crippen LogP) is 2.50. The van der Waals surface area contributed by atoms with Gasteiger partial charge in [-0.05, 0) is 44.0 Å². The molecule has 0 fully saturated rings. The summed E-state index contributed by atoms with van der Waals surface area (Å²) in [4.78, 5) is 10.7. The fourth-order valence-corrected chi connectivity index (χ4v) is 2.11. The first-order valence-corrected chi connectivity index (χ1v) is 6.66. The first-order valence-electron chi connectivity index (χ1n) is 6.66. The number of carbonyl (C=O) groups excluding carboxylic acids is 1. The van der Waals surface area contributed by atoms with Gasteiger partial charge in [-0.2, -0.15) is 5.10 Å². The second kappa shape index (κ2) is 6.22. The average Bonchev–Trinajstić information content (AvgIpc) is 2.45. The molecule has 0 heterocycles. The van der Waals surface area contributed by atoms with Gasteiger partial charge in [-0.3, -0.25) is 5.43 Å². The molecule has 2 aromatic rings. The zero-order valence-electron chi connectivity index (χ0n) is 12.3. The Hall–Kier alpha value is -2.62. The van der Waals surface area contributed by atoms with Crippen LogP contribution in [-0.2, 0) is 0 Å². The van der Waals surface area contributed by atoms with Crippen molar-refractivity contribution in [1.29, 1.82) is 0 Å². The molecular weight excluding hydrogens is 264 g/mol. The van der Waals surface area contributed by atoms with E-state index in [0.717, 1.165) is 17.0 Å². The highest BCUT2D eigenvalue weighted by atomic mass is 16.4. The Kier molecular flexibility index (Phi) is 4.38. The van der Waals surface area contributed by atoms with Crippen LogP contribution in [0.1, 0.15) is 34.0 Å². The van der Waals surface area contributed by atoms with Gasteiger partial charge in [-0.15, -0.1) is 0 Å². The number of carbonyl (C=O) groups is 1. The van der Waals surface area contributed by atoms with Crippen LogP contribution in [-0.4, -0.2) is 11.7 Å². The zero-order chi connectivity index (χ0) is 15.4. The summed E-state index contributed by atoms with van der Waals surface area (Å²) >= 11 is 0. The maximum Gasteiger partial charge on any atom is 0.0715 e. The van der Waals surface area contributed by atoms with Crippen molar-refractivity contribution in [2.45, 2.75) is 20.8 Å². The highest BCUT2D eigenvalue weighted by Crippen LogP contribution is 2.13. The summed E-state index contributed by atoms with van der Waals surface area (Å²) < 4.78 is 0. The molecule has 0 saturated carbocycles. The van der Waals surface area contributed by atoms with Crippen molar-refractivity contribution in [2.24, 2.45) is 5.10 Å². The fraction of sp³-hybridized carbons (Fsp3) is 0.176. The van der Waals surface area contributed by atoms with Crippen LogP contribution in [0, 0.1) is 13.8 Å². The lowest BCUT2D eigenvalue weighted by molar-refractivity contribution is -0.255. The average molecular weight is 281 g/mol. The Balaban J connectivity index is 2.14. The minimum Gasteiger partial charge on any atom is -0.545 e. The molecule has 0 aliphatic rings. The van der Waals surface area contributed by atoms with E-state index in [1.54, 1.807) is 12.1 Å². The second-order valence-corrected chi connectivity index (χ2v) is 4.99. The van der Waals surface area contributed by atoms with Gasteiger partial charge >= 0.3 is 0 Å². The van der Waals surface area contributed by atoms with Gasteiger partial charge in [0.15, 0.2) is 0 Å². The molecule has 0 amide bonds. The van der Waals surface area contributed by atoms with Crippen LogP contribution in [0.4, 0.5) is 5.69 Å². The number of rotatable bonds is 4. The van der Waals surface area contributed by atoms with E-state index < -0.39 is 5.97 Å². The monoisotopic (exact) mass is 281 g/mol. The van der Waals surface area contributed by atoms with Crippen LogP contribution in [0.25, 0.3) is 0 Å². The maximum absolute atomic E-state index is 10.7. The van der Waals surface area contributed by atoms with Crippen LogP contribution in [0.15, 0.2) is 47.6 Å². The summed E-state index contributed by atoms with van der Waals surface area (Å²) in [5.41, 5.74) is 8.14. The molecule has 108 valence electrons. The normalized spacial score (nSPS) is 11.3. The number of hydrogen-bond acceptors (Lipinski definition) is 4. The minimum atomic E-state index is -1.18. The van der Waals surface area contributed by atoms with E-state index in [4.69, 9.17) is 0 Å². The number of nitrogens with zero attached hydrogens (tertiary/aromatic N) is 1. The summed E-state index contributed by atoms with van der Waals surface area (Å²) in [5, 5.41) is 15.0. The van der Waals surface area contributed by atoms with E-state index in [2.05, 4.69) is 36.5 Å². The van der Waals surface area contributed by atoms with Crippen molar-refractivity contribution in [3.05, 3.63) is 64.7 Å². The SMILES string of the molecule is C/C(=N/Nc1ccc(C(=O)[O-])cc1)c1ccc(C)cc1C. The predicted molar refractivity (Wildman–Crippen MR) is 82.5 cm³/mol. The summed E-state index contributed by atoms with van der Waals surface area (Å²) in [5.74, 6) is -1.18. The van der Waals surface area contributed by atoms with Crippen LogP contribution < -0.4 is 10.5 Å². The van der Waals surface area contributed by atoms with Crippen LogP contribution in [0.3, 0.4) is 0 Å². The van der Waals surface area contributed by atoms with Crippen LogP contribution in [0.2, 0.25) is 0 Å². The van der Waals surface area contributed by atoms with Crippen molar-refractivity contribution in [3.63, 3.8) is 0 Å². The quantitative estimate of drug-likeness (QED) is 0.691. The molecule has 1 N–H and O–H groups in total. The first kappa shape index (κ1) is 14.8. The number of carboxylic acid groups (broad SMARTS) is 1. The van der Waals surface area contributed by atoms with Crippen molar-refractivity contribution in [2.75, 3.05) is 5.43 Å². The molecule has 0 aromatic heterocycles. The number of carboxylic acids is 1. The third-order valence-electron chi connectivity index (χ3n) is 3.25. The molecule has 0 aliphatic carbocycles. The number of anilines is 1. The van der Waals surface area contributed by atoms with Crippen molar-refractivity contribution < 1.29 is 9.90 Å². The van der Waals surface area contributed by atoms with Crippen molar-refractivity contribution in [3.8, 4) is 0 Å². The largest absolute Gasteiger partial charge is 0.545 e. The van der Waals surface area contributed by atoms with Crippen molar-refractivity contribution in [1.82, 2.24) is 0 Å². The number of aryl methyl sites for hydroxylation is 2. The van der Waals surface area contributed by atoms with E-state index in [-0.39, 0.29) is 5.56 Å². The lowest BCUT2D eigenvalue weighted by Crippen LogP contribution is -2.21. The Labute approximate surface area is 124 Å². The lowest BCUT2D eigenvalue weighted by atomic mass is 10.0. The molecule has 21 heavy (non-hydrogen) atoms. The topological polar surface area (TPSA) is 64.5 Å². The summed E-state index contributed by atoms with van der Waals surface area (Å²) in [7, 11) is 0. The van der Waals surface area contributed by atoms with Gasteiger partial charge in [-0.25, -0.2) is 0 Å². The first-order chi connectivity index (χ1) is 9.97. The molecule has 0 atom stereocenters. The molecule has 0 bridgehead atoms. The van der Waals surface area contributed by atoms with E-state index in [9.17, 15) is 9.90 Å². The van der Waals surface area contributed by atoms with Gasteiger partial charge < -0.3 is 9.90 Å². The Morgan fingerprint density at radius 3 is 2.33 bits per heavy atom. The summed E-state index contributed by atoms with van der Waals surface area (Å²) in [6.45, 7) is 6.04. The summed E-state index contributed by atoms with van der Waals surface area (Å²) in [6, 6.07) is 12.5. The smallest absolute Gasteiger partial charge is 0.0715 e. The van der Waals surface area contributed by atoms with E-state index in [1.165, 1.54) is 23.3 Å². The number of aromatic carboxylic acids is 1. The molecule has 4 heteroatoms. The Morgan fingerprint density at radius 2 is 1.76 bits per heavy atom.